The highest BCUT2D eigenvalue weighted by atomic mass is 16.5. The van der Waals surface area contributed by atoms with Crippen molar-refractivity contribution in [1.82, 2.24) is 4.90 Å². The van der Waals surface area contributed by atoms with E-state index < -0.39 is 11.9 Å². The highest BCUT2D eigenvalue weighted by Crippen LogP contribution is 2.15. The summed E-state index contributed by atoms with van der Waals surface area (Å²) in [7, 11) is 1.56. The summed E-state index contributed by atoms with van der Waals surface area (Å²) in [6, 6.07) is 6.81. The van der Waals surface area contributed by atoms with Gasteiger partial charge in [0.15, 0.2) is 6.61 Å². The van der Waals surface area contributed by atoms with Crippen molar-refractivity contribution in [2.24, 2.45) is 0 Å². The Bertz CT molecular complexity index is 585. The van der Waals surface area contributed by atoms with E-state index in [-0.39, 0.29) is 19.1 Å². The predicted octanol–water partition coefficient (Wildman–Crippen LogP) is 1.58. The van der Waals surface area contributed by atoms with Crippen molar-refractivity contribution in [3.63, 3.8) is 0 Å². The Morgan fingerprint density at radius 2 is 1.92 bits per heavy atom. The van der Waals surface area contributed by atoms with Crippen molar-refractivity contribution in [1.29, 1.82) is 0 Å². The van der Waals surface area contributed by atoms with Gasteiger partial charge >= 0.3 is 5.97 Å². The first kappa shape index (κ1) is 17.8. The molecule has 1 aromatic rings. The largest absolute Gasteiger partial charge is 0.497 e. The lowest BCUT2D eigenvalue weighted by Gasteiger charge is -2.19. The quantitative estimate of drug-likeness (QED) is 0.799. The van der Waals surface area contributed by atoms with Crippen LogP contribution in [-0.4, -0.2) is 49.5 Å². The van der Waals surface area contributed by atoms with Gasteiger partial charge in [0.2, 0.25) is 5.91 Å². The number of carbonyl (C=O) groups is 3. The van der Waals surface area contributed by atoms with Gasteiger partial charge in [-0.2, -0.15) is 0 Å². The zero-order valence-corrected chi connectivity index (χ0v) is 13.7. The van der Waals surface area contributed by atoms with Crippen LogP contribution in [0.4, 0.5) is 5.69 Å². The molecule has 0 radical (unpaired) electrons. The maximum atomic E-state index is 11.8. The SMILES string of the molecule is COc1ccc(NC(=O)COC(=O)CN2CCCCCC2=O)cc1. The fourth-order valence-electron chi connectivity index (χ4n) is 2.42. The van der Waals surface area contributed by atoms with Gasteiger partial charge < -0.3 is 19.7 Å². The molecule has 0 unspecified atom stereocenters. The van der Waals surface area contributed by atoms with Crippen LogP contribution < -0.4 is 10.1 Å². The van der Waals surface area contributed by atoms with Gasteiger partial charge in [0, 0.05) is 18.7 Å². The molecule has 0 saturated carbocycles. The van der Waals surface area contributed by atoms with E-state index in [1.54, 1.807) is 31.4 Å². The molecule has 2 amide bonds. The number of hydrogen-bond acceptors (Lipinski definition) is 5. The minimum absolute atomic E-state index is 0.0351. The number of benzene rings is 1. The summed E-state index contributed by atoms with van der Waals surface area (Å²) in [6.07, 6.45) is 3.19. The van der Waals surface area contributed by atoms with Gasteiger partial charge in [0.05, 0.1) is 7.11 Å². The summed E-state index contributed by atoms with van der Waals surface area (Å²) in [5.74, 6) is -0.362. The Kier molecular flexibility index (Phi) is 6.60. The molecule has 0 atom stereocenters. The van der Waals surface area contributed by atoms with Gasteiger partial charge in [-0.25, -0.2) is 0 Å². The van der Waals surface area contributed by atoms with Gasteiger partial charge in [0.25, 0.3) is 5.91 Å². The Morgan fingerprint density at radius 3 is 2.62 bits per heavy atom. The van der Waals surface area contributed by atoms with E-state index in [4.69, 9.17) is 9.47 Å². The number of likely N-dealkylation sites (tertiary alicyclic amines) is 1. The number of methoxy groups -OCH3 is 1. The first-order valence-corrected chi connectivity index (χ1v) is 7.96. The second kappa shape index (κ2) is 8.90. The number of carbonyl (C=O) groups excluding carboxylic acids is 3. The van der Waals surface area contributed by atoms with Gasteiger partial charge in [-0.1, -0.05) is 6.42 Å². The fourth-order valence-corrected chi connectivity index (χ4v) is 2.42. The summed E-state index contributed by atoms with van der Waals surface area (Å²) < 4.78 is 9.97. The number of nitrogens with one attached hydrogen (secondary N) is 1. The molecule has 0 spiro atoms. The summed E-state index contributed by atoms with van der Waals surface area (Å²) in [6.45, 7) is 0.0769. The highest BCUT2D eigenvalue weighted by Gasteiger charge is 2.20. The summed E-state index contributed by atoms with van der Waals surface area (Å²) in [4.78, 5) is 36.9. The molecule has 0 bridgehead atoms. The molecule has 130 valence electrons. The molecule has 1 heterocycles. The lowest BCUT2D eigenvalue weighted by atomic mass is 10.2. The van der Waals surface area contributed by atoms with E-state index in [0.29, 0.717) is 24.4 Å². The van der Waals surface area contributed by atoms with Crippen LogP contribution in [0.3, 0.4) is 0 Å². The van der Waals surface area contributed by atoms with Crippen LogP contribution >= 0.6 is 0 Å². The average Bonchev–Trinajstić information content (AvgIpc) is 2.78. The van der Waals surface area contributed by atoms with Gasteiger partial charge in [-0.05, 0) is 37.1 Å². The predicted molar refractivity (Wildman–Crippen MR) is 87.6 cm³/mol. The molecule has 0 aliphatic carbocycles. The third-order valence-electron chi connectivity index (χ3n) is 3.73. The minimum atomic E-state index is -0.574. The molecule has 2 rings (SSSR count). The first-order chi connectivity index (χ1) is 11.6. The molecule has 7 heteroatoms. The molecule has 7 nitrogen and oxygen atoms in total. The first-order valence-electron chi connectivity index (χ1n) is 7.96. The highest BCUT2D eigenvalue weighted by molar-refractivity contribution is 5.93. The molecule has 1 aliphatic heterocycles. The van der Waals surface area contributed by atoms with Crippen LogP contribution in [0, 0.1) is 0 Å². The van der Waals surface area contributed by atoms with Crippen molar-refractivity contribution in [3.8, 4) is 5.75 Å². The zero-order chi connectivity index (χ0) is 17.4. The molecular weight excluding hydrogens is 312 g/mol. The monoisotopic (exact) mass is 334 g/mol. The number of ether oxygens (including phenoxy) is 2. The number of hydrogen-bond donors (Lipinski definition) is 1. The number of amides is 2. The number of nitrogens with zero attached hydrogens (tertiary/aromatic N) is 1. The third-order valence-corrected chi connectivity index (χ3v) is 3.73. The van der Waals surface area contributed by atoms with Crippen molar-refractivity contribution < 1.29 is 23.9 Å². The lowest BCUT2D eigenvalue weighted by Crippen LogP contribution is -2.36. The van der Waals surface area contributed by atoms with E-state index in [2.05, 4.69) is 5.32 Å². The molecule has 1 fully saturated rings. The van der Waals surface area contributed by atoms with E-state index in [0.717, 1.165) is 19.3 Å². The van der Waals surface area contributed by atoms with E-state index in [1.165, 1.54) is 4.90 Å². The fraction of sp³-hybridized carbons (Fsp3) is 0.471. The summed E-state index contributed by atoms with van der Waals surface area (Å²) in [5, 5.41) is 2.62. The summed E-state index contributed by atoms with van der Waals surface area (Å²) in [5.41, 5.74) is 0.583. The van der Waals surface area contributed by atoms with Crippen molar-refractivity contribution >= 4 is 23.5 Å². The van der Waals surface area contributed by atoms with E-state index in [9.17, 15) is 14.4 Å². The lowest BCUT2D eigenvalue weighted by molar-refractivity contribution is -0.151. The van der Waals surface area contributed by atoms with Crippen LogP contribution in [0.5, 0.6) is 5.75 Å². The maximum Gasteiger partial charge on any atom is 0.326 e. The maximum absolute atomic E-state index is 11.8. The minimum Gasteiger partial charge on any atom is -0.497 e. The Balaban J connectivity index is 1.73. The smallest absolute Gasteiger partial charge is 0.326 e. The van der Waals surface area contributed by atoms with Crippen LogP contribution in [0.2, 0.25) is 0 Å². The zero-order valence-electron chi connectivity index (χ0n) is 13.7. The third kappa shape index (κ3) is 5.57. The Labute approximate surface area is 140 Å². The van der Waals surface area contributed by atoms with Crippen molar-refractivity contribution in [2.45, 2.75) is 25.7 Å². The van der Waals surface area contributed by atoms with Crippen LogP contribution in [0.25, 0.3) is 0 Å². The molecule has 0 aromatic heterocycles. The molecule has 1 saturated heterocycles. The van der Waals surface area contributed by atoms with Crippen LogP contribution in [-0.2, 0) is 19.1 Å². The van der Waals surface area contributed by atoms with E-state index >= 15 is 0 Å². The second-order valence-electron chi connectivity index (χ2n) is 5.56. The second-order valence-corrected chi connectivity index (χ2v) is 5.56. The Hall–Kier alpha value is -2.57. The molecule has 24 heavy (non-hydrogen) atoms. The van der Waals surface area contributed by atoms with E-state index in [1.807, 2.05) is 0 Å². The van der Waals surface area contributed by atoms with Crippen molar-refractivity contribution in [3.05, 3.63) is 24.3 Å². The number of rotatable bonds is 6. The van der Waals surface area contributed by atoms with Gasteiger partial charge in [-0.15, -0.1) is 0 Å². The number of esters is 1. The van der Waals surface area contributed by atoms with Crippen molar-refractivity contribution in [2.75, 3.05) is 32.1 Å². The van der Waals surface area contributed by atoms with Gasteiger partial charge in [0.1, 0.15) is 12.3 Å². The normalized spacial score (nSPS) is 14.7. The summed E-state index contributed by atoms with van der Waals surface area (Å²) >= 11 is 0. The molecular formula is C17H22N2O5. The standard InChI is InChI=1S/C17H22N2O5/c1-23-14-8-6-13(7-9-14)18-15(20)12-24-17(22)11-19-10-4-2-3-5-16(19)21/h6-9H,2-5,10-12H2,1H3,(H,18,20). The average molecular weight is 334 g/mol. The van der Waals surface area contributed by atoms with Crippen LogP contribution in [0.1, 0.15) is 25.7 Å². The molecule has 1 aromatic carbocycles. The Morgan fingerprint density at radius 1 is 1.17 bits per heavy atom. The number of anilines is 1. The van der Waals surface area contributed by atoms with Gasteiger partial charge in [-0.3, -0.25) is 14.4 Å². The topological polar surface area (TPSA) is 84.9 Å². The van der Waals surface area contributed by atoms with Crippen LogP contribution in [0.15, 0.2) is 24.3 Å². The molecule has 1 N–H and O–H groups in total. The molecule has 1 aliphatic rings.